The number of methoxy groups -OCH3 is 1. The molecule has 0 spiro atoms. The van der Waals surface area contributed by atoms with Gasteiger partial charge in [-0.05, 0) is 44.0 Å². The third kappa shape index (κ3) is 8.01. The van der Waals surface area contributed by atoms with E-state index in [4.69, 9.17) is 9.84 Å². The molecule has 1 aromatic heterocycles. The maximum absolute atomic E-state index is 16.0. The summed E-state index contributed by atoms with van der Waals surface area (Å²) in [5, 5.41) is 15.3. The third-order valence-corrected chi connectivity index (χ3v) is 9.65. The molecule has 2 aromatic rings. The topological polar surface area (TPSA) is 106 Å². The summed E-state index contributed by atoms with van der Waals surface area (Å²) in [6, 6.07) is 2.60. The number of alkyl halides is 3. The zero-order valence-corrected chi connectivity index (χ0v) is 26.4. The molecule has 0 aliphatic carbocycles. The lowest BCUT2D eigenvalue weighted by Crippen LogP contribution is -2.55. The monoisotopic (exact) mass is 671 g/mol. The van der Waals surface area contributed by atoms with Gasteiger partial charge in [0.05, 0.1) is 30.3 Å². The first kappa shape index (κ1) is 34.1. The predicted molar refractivity (Wildman–Crippen MR) is 165 cm³/mol. The SMILES string of the molecule is CC[C@@H]1CCCN1CC1=C(c2cc(F)cc(C(F)(F)F)c2)NC(Nc2ncnc(N3CCN(CCC(=O)O)[C@H](COC)C3)c2F)S1. The molecule has 3 N–H and O–H groups in total. The van der Waals surface area contributed by atoms with Crippen LogP contribution in [0, 0.1) is 11.6 Å². The van der Waals surface area contributed by atoms with Crippen LogP contribution < -0.4 is 15.5 Å². The van der Waals surface area contributed by atoms with Crippen molar-refractivity contribution in [3.8, 4) is 0 Å². The van der Waals surface area contributed by atoms with Crippen LogP contribution in [-0.2, 0) is 15.7 Å². The van der Waals surface area contributed by atoms with Crippen LogP contribution in [0.2, 0.25) is 0 Å². The summed E-state index contributed by atoms with van der Waals surface area (Å²) in [6.45, 7) is 5.26. The predicted octanol–water partition coefficient (Wildman–Crippen LogP) is 4.66. The Labute approximate surface area is 268 Å². The van der Waals surface area contributed by atoms with Gasteiger partial charge in [-0.1, -0.05) is 18.7 Å². The van der Waals surface area contributed by atoms with E-state index in [0.717, 1.165) is 37.9 Å². The van der Waals surface area contributed by atoms with Crippen LogP contribution in [0.25, 0.3) is 5.70 Å². The molecule has 2 fully saturated rings. The lowest BCUT2D eigenvalue weighted by Gasteiger charge is -2.41. The van der Waals surface area contributed by atoms with Gasteiger partial charge in [0, 0.05) is 56.3 Å². The van der Waals surface area contributed by atoms with Gasteiger partial charge in [0.2, 0.25) is 5.82 Å². The molecule has 4 heterocycles. The first-order chi connectivity index (χ1) is 22.0. The molecule has 3 aliphatic heterocycles. The van der Waals surface area contributed by atoms with Crippen molar-refractivity contribution in [2.24, 2.45) is 0 Å². The Kier molecular flexibility index (Phi) is 10.9. The average molecular weight is 672 g/mol. The number of hydrogen-bond donors (Lipinski definition) is 3. The van der Waals surface area contributed by atoms with Crippen LogP contribution in [0.15, 0.2) is 29.4 Å². The number of thioether (sulfide) groups is 1. The second-order valence-electron chi connectivity index (χ2n) is 11.6. The number of nitrogens with zero attached hydrogens (tertiary/aromatic N) is 5. The van der Waals surface area contributed by atoms with E-state index in [1.54, 1.807) is 12.0 Å². The fraction of sp³-hybridized carbons (Fsp3) is 0.567. The molecule has 16 heteroatoms. The number of halogens is 5. The normalized spacial score (nSPS) is 22.8. The highest BCUT2D eigenvalue weighted by Crippen LogP contribution is 2.40. The first-order valence-electron chi connectivity index (χ1n) is 15.2. The van der Waals surface area contributed by atoms with E-state index in [-0.39, 0.29) is 29.7 Å². The Morgan fingerprint density at radius 1 is 1.15 bits per heavy atom. The number of ether oxygens (including phenoxy) is 1. The standard InChI is InChI=1S/C30H38F5N7O3S/c1-3-21-5-4-7-41(21)15-23-26(18-11-19(30(33,34)35)13-20(31)12-18)38-29(46-23)39-27-25(32)28(37-17-36-27)42-10-9-40(8-6-24(43)44)22(14-42)16-45-2/h11-13,17,21-22,29,38H,3-10,14-16H2,1-2H3,(H,43,44)(H,36,37,39)/t21-,22+,29?/m1/s1. The Bertz CT molecular complexity index is 1430. The fourth-order valence-corrected chi connectivity index (χ4v) is 7.46. The number of carboxylic acids is 1. The van der Waals surface area contributed by atoms with E-state index in [1.165, 1.54) is 18.1 Å². The van der Waals surface area contributed by atoms with Crippen LogP contribution in [0.4, 0.5) is 33.6 Å². The first-order valence-corrected chi connectivity index (χ1v) is 16.1. The van der Waals surface area contributed by atoms with Crippen LogP contribution in [0.5, 0.6) is 0 Å². The number of hydrogen-bond acceptors (Lipinski definition) is 10. The molecule has 0 saturated carbocycles. The van der Waals surface area contributed by atoms with Crippen molar-refractivity contribution in [2.45, 2.75) is 56.4 Å². The van der Waals surface area contributed by atoms with Crippen LogP contribution in [0.3, 0.4) is 0 Å². The fourth-order valence-electron chi connectivity index (χ4n) is 6.29. The van der Waals surface area contributed by atoms with Crippen LogP contribution in [-0.4, -0.2) is 101 Å². The maximum Gasteiger partial charge on any atom is 0.416 e. The van der Waals surface area contributed by atoms with Crippen molar-refractivity contribution in [1.29, 1.82) is 0 Å². The summed E-state index contributed by atoms with van der Waals surface area (Å²) in [4.78, 5) is 26.2. The molecular formula is C30H38F5N7O3S. The summed E-state index contributed by atoms with van der Waals surface area (Å²) < 4.78 is 76.6. The van der Waals surface area contributed by atoms with Gasteiger partial charge in [0.1, 0.15) is 12.1 Å². The van der Waals surface area contributed by atoms with E-state index >= 15 is 4.39 Å². The zero-order valence-electron chi connectivity index (χ0n) is 25.6. The number of aliphatic carboxylic acids is 1. The summed E-state index contributed by atoms with van der Waals surface area (Å²) in [5.41, 5.74) is -1.40. The van der Waals surface area contributed by atoms with E-state index < -0.39 is 34.8 Å². The van der Waals surface area contributed by atoms with Crippen LogP contribution in [0.1, 0.15) is 43.7 Å². The van der Waals surface area contributed by atoms with Gasteiger partial charge in [-0.2, -0.15) is 17.6 Å². The number of benzene rings is 1. The Morgan fingerprint density at radius 2 is 1.96 bits per heavy atom. The average Bonchev–Trinajstić information content (AvgIpc) is 3.63. The lowest BCUT2D eigenvalue weighted by molar-refractivity contribution is -0.138. The number of carboxylic acid groups (broad SMARTS) is 1. The Balaban J connectivity index is 1.36. The number of aromatic nitrogens is 2. The molecule has 1 aromatic carbocycles. The molecule has 3 atom stereocenters. The number of piperazine rings is 1. The largest absolute Gasteiger partial charge is 0.481 e. The molecule has 0 amide bonds. The van der Waals surface area contributed by atoms with Crippen LogP contribution >= 0.6 is 11.8 Å². The summed E-state index contributed by atoms with van der Waals surface area (Å²) in [5.74, 6) is -2.65. The Morgan fingerprint density at radius 3 is 2.67 bits per heavy atom. The smallest absolute Gasteiger partial charge is 0.416 e. The van der Waals surface area contributed by atoms with Gasteiger partial charge >= 0.3 is 12.1 Å². The third-order valence-electron chi connectivity index (χ3n) is 8.56. The highest BCUT2D eigenvalue weighted by atomic mass is 32.2. The van der Waals surface area contributed by atoms with Gasteiger partial charge in [-0.15, -0.1) is 0 Å². The van der Waals surface area contributed by atoms with Gasteiger partial charge in [-0.3, -0.25) is 14.6 Å². The van der Waals surface area contributed by atoms with Gasteiger partial charge in [0.25, 0.3) is 0 Å². The number of likely N-dealkylation sites (tertiary alicyclic amines) is 1. The number of nitrogens with one attached hydrogen (secondary N) is 2. The molecule has 3 aliphatic rings. The van der Waals surface area contributed by atoms with Gasteiger partial charge < -0.3 is 25.4 Å². The molecule has 2 saturated heterocycles. The molecule has 10 nitrogen and oxygen atoms in total. The summed E-state index contributed by atoms with van der Waals surface area (Å²) >= 11 is 1.29. The molecule has 1 unspecified atom stereocenters. The minimum atomic E-state index is -4.73. The zero-order chi connectivity index (χ0) is 33.0. The van der Waals surface area contributed by atoms with Gasteiger partial charge in [0.15, 0.2) is 17.1 Å². The second kappa shape index (κ2) is 14.7. The summed E-state index contributed by atoms with van der Waals surface area (Å²) in [6.07, 6.45) is -0.569. The number of anilines is 2. The van der Waals surface area contributed by atoms with Crippen molar-refractivity contribution in [3.05, 3.63) is 52.2 Å². The highest BCUT2D eigenvalue weighted by molar-refractivity contribution is 8.04. The van der Waals surface area contributed by atoms with Crippen molar-refractivity contribution < 1.29 is 36.6 Å². The summed E-state index contributed by atoms with van der Waals surface area (Å²) in [7, 11) is 1.55. The van der Waals surface area contributed by atoms with Crippen molar-refractivity contribution in [2.75, 3.05) is 63.2 Å². The quantitative estimate of drug-likeness (QED) is 0.275. The molecular weight excluding hydrogens is 633 g/mol. The molecule has 0 radical (unpaired) electrons. The lowest BCUT2D eigenvalue weighted by atomic mass is 10.1. The van der Waals surface area contributed by atoms with E-state index in [2.05, 4.69) is 32.4 Å². The van der Waals surface area contributed by atoms with E-state index in [1.807, 2.05) is 4.90 Å². The number of rotatable bonds is 12. The van der Waals surface area contributed by atoms with E-state index in [9.17, 15) is 22.4 Å². The molecule has 46 heavy (non-hydrogen) atoms. The highest BCUT2D eigenvalue weighted by Gasteiger charge is 2.35. The van der Waals surface area contributed by atoms with Crippen molar-refractivity contribution in [1.82, 2.24) is 25.1 Å². The van der Waals surface area contributed by atoms with Crippen molar-refractivity contribution >= 4 is 35.1 Å². The number of carbonyl (C=O) groups is 1. The van der Waals surface area contributed by atoms with E-state index in [0.29, 0.717) is 62.0 Å². The minimum Gasteiger partial charge on any atom is -0.481 e. The van der Waals surface area contributed by atoms with Gasteiger partial charge in [-0.25, -0.2) is 14.4 Å². The minimum absolute atomic E-state index is 0.0236. The Hall–Kier alpha value is -3.21. The van der Waals surface area contributed by atoms with Crippen molar-refractivity contribution in [3.63, 3.8) is 0 Å². The molecule has 0 bridgehead atoms. The molecule has 252 valence electrons. The second-order valence-corrected chi connectivity index (χ2v) is 12.8. The molecule has 5 rings (SSSR count). The maximum atomic E-state index is 16.0.